The first-order valence-electron chi connectivity index (χ1n) is 9.21. The van der Waals surface area contributed by atoms with Gasteiger partial charge in [0.2, 0.25) is 0 Å². The average Bonchev–Trinajstić information content (AvgIpc) is 3.13. The second-order valence-corrected chi connectivity index (χ2v) is 7.59. The lowest BCUT2D eigenvalue weighted by molar-refractivity contribution is 0.191. The van der Waals surface area contributed by atoms with E-state index in [2.05, 4.69) is 29.8 Å². The number of aromatic nitrogens is 5. The van der Waals surface area contributed by atoms with Crippen LogP contribution in [0.2, 0.25) is 0 Å². The quantitative estimate of drug-likeness (QED) is 0.720. The number of hydrogen-bond donors (Lipinski definition) is 1. The molecule has 10 heteroatoms. The molecule has 2 aromatic rings. The summed E-state index contributed by atoms with van der Waals surface area (Å²) in [4.78, 5) is 27.3. The molecule has 0 spiro atoms. The molecule has 2 aromatic heterocycles. The van der Waals surface area contributed by atoms with Gasteiger partial charge >= 0.3 is 5.69 Å². The van der Waals surface area contributed by atoms with Crippen molar-refractivity contribution in [2.45, 2.75) is 31.7 Å². The molecule has 4 heterocycles. The van der Waals surface area contributed by atoms with Gasteiger partial charge in [-0.3, -0.25) is 4.57 Å². The minimum Gasteiger partial charge on any atom is -0.391 e. The summed E-state index contributed by atoms with van der Waals surface area (Å²) in [5.41, 5.74) is -0.0781. The van der Waals surface area contributed by atoms with E-state index in [1.54, 1.807) is 17.9 Å². The van der Waals surface area contributed by atoms with Crippen LogP contribution >= 0.6 is 0 Å². The topological polar surface area (TPSA) is 95.6 Å². The largest absolute Gasteiger partial charge is 0.391 e. The van der Waals surface area contributed by atoms with Gasteiger partial charge in [0.15, 0.2) is 5.82 Å². The molecule has 0 aromatic carbocycles. The van der Waals surface area contributed by atoms with Crippen LogP contribution < -0.4 is 15.5 Å². The van der Waals surface area contributed by atoms with Gasteiger partial charge in [-0.05, 0) is 20.5 Å². The Balaban J connectivity index is 1.57. The van der Waals surface area contributed by atoms with Crippen LogP contribution in [0, 0.1) is 0 Å². The van der Waals surface area contributed by atoms with Crippen molar-refractivity contribution in [3.05, 3.63) is 28.7 Å². The van der Waals surface area contributed by atoms with Gasteiger partial charge in [0.1, 0.15) is 18.0 Å². The number of hydrogen-bond acceptors (Lipinski definition) is 8. The molecule has 0 radical (unpaired) electrons. The molecule has 2 atom stereocenters. The normalized spacial score (nSPS) is 22.6. The summed E-state index contributed by atoms with van der Waals surface area (Å²) in [6.45, 7) is 3.26. The van der Waals surface area contributed by atoms with Crippen LogP contribution in [0.5, 0.6) is 0 Å². The second kappa shape index (κ2) is 6.93. The predicted molar refractivity (Wildman–Crippen MR) is 101 cm³/mol. The van der Waals surface area contributed by atoms with Crippen molar-refractivity contribution < 1.29 is 5.11 Å². The van der Waals surface area contributed by atoms with Crippen LogP contribution in [0.1, 0.15) is 12.2 Å². The summed E-state index contributed by atoms with van der Waals surface area (Å²) in [6, 6.07) is 2.19. The van der Waals surface area contributed by atoms with Gasteiger partial charge in [-0.25, -0.2) is 19.4 Å². The molecule has 0 aliphatic carbocycles. The number of aliphatic hydroxyl groups excluding tert-OH is 1. The van der Waals surface area contributed by atoms with Crippen molar-refractivity contribution in [3.63, 3.8) is 0 Å². The molecule has 2 aliphatic rings. The fourth-order valence-corrected chi connectivity index (χ4v) is 4.00. The van der Waals surface area contributed by atoms with E-state index < -0.39 is 0 Å². The SMILES string of the molecule is CN(C)C[C@H]1C[C@@H](O)CN1c1cc(N2CCn3c(nn(C)c3=O)C2)ncn1. The maximum absolute atomic E-state index is 12.0. The number of anilines is 2. The number of nitrogens with zero attached hydrogens (tertiary/aromatic N) is 8. The number of β-amino-alcohol motifs (C(OH)–C–C–N with tert-alkyl or cyclic N) is 1. The van der Waals surface area contributed by atoms with Gasteiger partial charge in [0, 0.05) is 45.3 Å². The van der Waals surface area contributed by atoms with E-state index in [1.807, 2.05) is 20.2 Å². The summed E-state index contributed by atoms with van der Waals surface area (Å²) in [5, 5.41) is 14.5. The molecule has 1 saturated heterocycles. The minimum atomic E-state index is -0.341. The van der Waals surface area contributed by atoms with E-state index in [9.17, 15) is 9.90 Å². The van der Waals surface area contributed by atoms with Crippen LogP contribution in [0.15, 0.2) is 17.2 Å². The molecule has 0 bridgehead atoms. The molecule has 146 valence electrons. The zero-order valence-corrected chi connectivity index (χ0v) is 16.0. The lowest BCUT2D eigenvalue weighted by Crippen LogP contribution is -2.39. The molecule has 0 amide bonds. The number of aliphatic hydroxyl groups is 1. The number of aryl methyl sites for hydroxylation is 1. The second-order valence-electron chi connectivity index (χ2n) is 7.59. The summed E-state index contributed by atoms with van der Waals surface area (Å²) < 4.78 is 3.09. The predicted octanol–water partition coefficient (Wildman–Crippen LogP) is -1.11. The summed E-state index contributed by atoms with van der Waals surface area (Å²) in [6.07, 6.45) is 1.97. The zero-order chi connectivity index (χ0) is 19.1. The first-order chi connectivity index (χ1) is 12.9. The van der Waals surface area contributed by atoms with Crippen LogP contribution in [0.25, 0.3) is 0 Å². The van der Waals surface area contributed by atoms with E-state index in [0.717, 1.165) is 30.4 Å². The number of rotatable bonds is 4. The van der Waals surface area contributed by atoms with Gasteiger partial charge in [-0.2, -0.15) is 5.10 Å². The van der Waals surface area contributed by atoms with E-state index in [-0.39, 0.29) is 17.8 Å². The van der Waals surface area contributed by atoms with E-state index >= 15 is 0 Å². The van der Waals surface area contributed by atoms with Gasteiger partial charge < -0.3 is 19.8 Å². The Hall–Kier alpha value is -2.46. The molecule has 0 saturated carbocycles. The van der Waals surface area contributed by atoms with E-state index in [1.165, 1.54) is 4.68 Å². The lowest BCUT2D eigenvalue weighted by Gasteiger charge is -2.30. The summed E-state index contributed by atoms with van der Waals surface area (Å²) >= 11 is 0. The summed E-state index contributed by atoms with van der Waals surface area (Å²) in [7, 11) is 5.74. The standard InChI is InChI=1S/C17H26N8O2/c1-21(2)8-12-6-13(26)9-25(12)15-7-14(18-11-19-15)23-4-5-24-16(10-23)20-22(3)17(24)27/h7,11-13,26H,4-6,8-10H2,1-3H3/t12-,13-/m1/s1. The Kier molecular flexibility index (Phi) is 4.60. The third-order valence-electron chi connectivity index (χ3n) is 5.24. The Morgan fingerprint density at radius 3 is 2.81 bits per heavy atom. The Labute approximate surface area is 157 Å². The first-order valence-corrected chi connectivity index (χ1v) is 9.21. The highest BCUT2D eigenvalue weighted by Gasteiger charge is 2.32. The molecular weight excluding hydrogens is 348 g/mol. The first kappa shape index (κ1) is 17.9. The average molecular weight is 374 g/mol. The van der Waals surface area contributed by atoms with Crippen molar-refractivity contribution in [3.8, 4) is 0 Å². The van der Waals surface area contributed by atoms with Gasteiger partial charge in [-0.1, -0.05) is 0 Å². The van der Waals surface area contributed by atoms with Gasteiger partial charge in [0.25, 0.3) is 0 Å². The summed E-state index contributed by atoms with van der Waals surface area (Å²) in [5.74, 6) is 2.39. The van der Waals surface area contributed by atoms with Crippen LogP contribution in [-0.2, 0) is 20.1 Å². The maximum atomic E-state index is 12.0. The van der Waals surface area contributed by atoms with Crippen LogP contribution in [0.4, 0.5) is 11.6 Å². The van der Waals surface area contributed by atoms with Crippen molar-refractivity contribution >= 4 is 11.6 Å². The Morgan fingerprint density at radius 1 is 1.26 bits per heavy atom. The highest BCUT2D eigenvalue weighted by molar-refractivity contribution is 5.52. The maximum Gasteiger partial charge on any atom is 0.345 e. The molecule has 2 aliphatic heterocycles. The molecule has 1 fully saturated rings. The van der Waals surface area contributed by atoms with E-state index in [0.29, 0.717) is 26.2 Å². The molecule has 10 nitrogen and oxygen atoms in total. The highest BCUT2D eigenvalue weighted by Crippen LogP contribution is 2.27. The fraction of sp³-hybridized carbons (Fsp3) is 0.647. The third kappa shape index (κ3) is 3.42. The molecule has 27 heavy (non-hydrogen) atoms. The Bertz CT molecular complexity index is 876. The van der Waals surface area contributed by atoms with Gasteiger partial charge in [-0.15, -0.1) is 0 Å². The molecule has 0 unspecified atom stereocenters. The minimum absolute atomic E-state index is 0.0781. The number of fused-ring (bicyclic) bond motifs is 1. The highest BCUT2D eigenvalue weighted by atomic mass is 16.3. The fourth-order valence-electron chi connectivity index (χ4n) is 4.00. The van der Waals surface area contributed by atoms with Crippen molar-refractivity contribution in [1.29, 1.82) is 0 Å². The smallest absolute Gasteiger partial charge is 0.345 e. The van der Waals surface area contributed by atoms with Crippen molar-refractivity contribution in [2.75, 3.05) is 43.5 Å². The zero-order valence-electron chi connectivity index (χ0n) is 16.0. The van der Waals surface area contributed by atoms with Gasteiger partial charge in [0.05, 0.1) is 12.6 Å². The van der Waals surface area contributed by atoms with E-state index in [4.69, 9.17) is 0 Å². The van der Waals surface area contributed by atoms with Crippen molar-refractivity contribution in [1.82, 2.24) is 29.2 Å². The van der Waals surface area contributed by atoms with Crippen LogP contribution in [-0.4, -0.2) is 80.2 Å². The molecular formula is C17H26N8O2. The number of likely N-dealkylation sites (N-methyl/N-ethyl adjacent to an activating group) is 1. The Morgan fingerprint density at radius 2 is 2.04 bits per heavy atom. The molecule has 1 N–H and O–H groups in total. The third-order valence-corrected chi connectivity index (χ3v) is 5.24. The van der Waals surface area contributed by atoms with Crippen LogP contribution in [0.3, 0.4) is 0 Å². The monoisotopic (exact) mass is 374 g/mol. The molecule has 4 rings (SSSR count). The van der Waals surface area contributed by atoms with Crippen molar-refractivity contribution in [2.24, 2.45) is 7.05 Å². The lowest BCUT2D eigenvalue weighted by atomic mass is 10.2.